The fourth-order valence-corrected chi connectivity index (χ4v) is 1.47. The molecule has 0 fully saturated rings. The number of aromatic hydroxyl groups is 1. The van der Waals surface area contributed by atoms with Crippen LogP contribution in [-0.2, 0) is 0 Å². The highest BCUT2D eigenvalue weighted by Crippen LogP contribution is 2.35. The minimum Gasteiger partial charge on any atom is -0.508 e. The van der Waals surface area contributed by atoms with Gasteiger partial charge in [0.2, 0.25) is 0 Å². The van der Waals surface area contributed by atoms with Crippen LogP contribution >= 0.6 is 11.6 Å². The van der Waals surface area contributed by atoms with Gasteiger partial charge in [-0.3, -0.25) is 0 Å². The van der Waals surface area contributed by atoms with Gasteiger partial charge in [-0.1, -0.05) is 25.4 Å². The van der Waals surface area contributed by atoms with Crippen molar-refractivity contribution in [2.24, 2.45) is 0 Å². The van der Waals surface area contributed by atoms with Crippen molar-refractivity contribution in [3.8, 4) is 5.75 Å². The molecule has 4 heteroatoms. The fraction of sp³-hybridized carbons (Fsp3) is 0.400. The van der Waals surface area contributed by atoms with E-state index in [1.54, 1.807) is 0 Å². The molecule has 14 heavy (non-hydrogen) atoms. The van der Waals surface area contributed by atoms with Gasteiger partial charge in [-0.05, 0) is 23.6 Å². The molecule has 1 N–H and O–H groups in total. The molecule has 0 amide bonds. The summed E-state index contributed by atoms with van der Waals surface area (Å²) in [5.74, 6) is -0.0424. The molecule has 0 aliphatic carbocycles. The van der Waals surface area contributed by atoms with E-state index in [2.05, 4.69) is 0 Å². The molecule has 0 radical (unpaired) electrons. The summed E-state index contributed by atoms with van der Waals surface area (Å²) in [6, 6.07) is 2.42. The Hall–Kier alpha value is -0.830. The summed E-state index contributed by atoms with van der Waals surface area (Å²) in [4.78, 5) is 0. The Morgan fingerprint density at radius 1 is 1.21 bits per heavy atom. The van der Waals surface area contributed by atoms with Crippen molar-refractivity contribution < 1.29 is 13.9 Å². The van der Waals surface area contributed by atoms with Crippen LogP contribution in [0.5, 0.6) is 5.75 Å². The van der Waals surface area contributed by atoms with Crippen LogP contribution in [0.2, 0.25) is 5.02 Å². The third-order valence-corrected chi connectivity index (χ3v) is 2.33. The molecule has 0 bridgehead atoms. The Bertz CT molecular complexity index is 308. The molecule has 78 valence electrons. The summed E-state index contributed by atoms with van der Waals surface area (Å²) in [7, 11) is 0. The zero-order chi connectivity index (χ0) is 10.9. The van der Waals surface area contributed by atoms with E-state index < -0.39 is 6.43 Å². The first-order chi connectivity index (χ1) is 6.43. The van der Waals surface area contributed by atoms with Crippen molar-refractivity contribution in [2.45, 2.75) is 26.2 Å². The van der Waals surface area contributed by atoms with E-state index >= 15 is 0 Å². The first-order valence-corrected chi connectivity index (χ1v) is 4.61. The smallest absolute Gasteiger partial charge is 0.265 e. The normalized spacial score (nSPS) is 11.4. The standard InChI is InChI=1S/C10H11ClF2O/c1-5(2)6-3-7(10(12)13)8(11)4-9(6)14/h3-5,10,14H,1-2H3. The lowest BCUT2D eigenvalue weighted by atomic mass is 10.00. The second kappa shape index (κ2) is 4.13. The zero-order valence-electron chi connectivity index (χ0n) is 7.89. The molecule has 0 aliphatic heterocycles. The van der Waals surface area contributed by atoms with Gasteiger partial charge in [0, 0.05) is 5.56 Å². The van der Waals surface area contributed by atoms with E-state index in [9.17, 15) is 13.9 Å². The topological polar surface area (TPSA) is 20.2 Å². The number of rotatable bonds is 2. The van der Waals surface area contributed by atoms with Gasteiger partial charge in [-0.2, -0.15) is 0 Å². The lowest BCUT2D eigenvalue weighted by Gasteiger charge is -2.11. The minimum absolute atomic E-state index is 0.00948. The first-order valence-electron chi connectivity index (χ1n) is 4.24. The predicted octanol–water partition coefficient (Wildman–Crippen LogP) is 4.11. The van der Waals surface area contributed by atoms with Crippen LogP contribution in [0.4, 0.5) is 8.78 Å². The third kappa shape index (κ3) is 2.15. The molecule has 1 aromatic rings. The van der Waals surface area contributed by atoms with Crippen LogP contribution in [0.15, 0.2) is 12.1 Å². The highest BCUT2D eigenvalue weighted by molar-refractivity contribution is 6.31. The Morgan fingerprint density at radius 3 is 2.21 bits per heavy atom. The van der Waals surface area contributed by atoms with Crippen LogP contribution in [0.1, 0.15) is 37.3 Å². The fourth-order valence-electron chi connectivity index (χ4n) is 1.23. The highest BCUT2D eigenvalue weighted by Gasteiger charge is 2.16. The third-order valence-electron chi connectivity index (χ3n) is 2.00. The van der Waals surface area contributed by atoms with E-state index in [1.165, 1.54) is 12.1 Å². The molecule has 0 spiro atoms. The Morgan fingerprint density at radius 2 is 1.79 bits per heavy atom. The number of halogens is 3. The zero-order valence-corrected chi connectivity index (χ0v) is 8.65. The summed E-state index contributed by atoms with van der Waals surface area (Å²) in [6.07, 6.45) is -2.61. The van der Waals surface area contributed by atoms with Gasteiger partial charge in [0.1, 0.15) is 5.75 Å². The molecule has 1 rings (SSSR count). The van der Waals surface area contributed by atoms with Crippen LogP contribution in [0.3, 0.4) is 0 Å². The second-order valence-corrected chi connectivity index (χ2v) is 3.80. The van der Waals surface area contributed by atoms with E-state index in [0.29, 0.717) is 5.56 Å². The molecule has 0 aromatic heterocycles. The maximum atomic E-state index is 12.4. The summed E-state index contributed by atoms with van der Waals surface area (Å²) in [5.41, 5.74) is 0.262. The maximum absolute atomic E-state index is 12.4. The van der Waals surface area contributed by atoms with Crippen molar-refractivity contribution in [3.05, 3.63) is 28.3 Å². The lowest BCUT2D eigenvalue weighted by Crippen LogP contribution is -1.93. The summed E-state index contributed by atoms with van der Waals surface area (Å²) < 4.78 is 24.9. The van der Waals surface area contributed by atoms with Gasteiger partial charge in [0.15, 0.2) is 0 Å². The highest BCUT2D eigenvalue weighted by atomic mass is 35.5. The van der Waals surface area contributed by atoms with Crippen LogP contribution in [0.25, 0.3) is 0 Å². The van der Waals surface area contributed by atoms with Gasteiger partial charge < -0.3 is 5.11 Å². The number of hydrogen-bond donors (Lipinski definition) is 1. The number of phenolic OH excluding ortho intramolecular Hbond substituents is 1. The molecule has 1 aromatic carbocycles. The summed E-state index contributed by atoms with van der Waals surface area (Å²) in [5, 5.41) is 9.34. The van der Waals surface area contributed by atoms with Gasteiger partial charge in [0.25, 0.3) is 6.43 Å². The number of phenols is 1. The Balaban J connectivity index is 3.27. The predicted molar refractivity (Wildman–Crippen MR) is 52.2 cm³/mol. The van der Waals surface area contributed by atoms with Crippen molar-refractivity contribution in [3.63, 3.8) is 0 Å². The number of benzene rings is 1. The summed E-state index contributed by atoms with van der Waals surface area (Å²) >= 11 is 5.56. The van der Waals surface area contributed by atoms with E-state index in [0.717, 1.165) is 0 Å². The largest absolute Gasteiger partial charge is 0.508 e. The van der Waals surface area contributed by atoms with Gasteiger partial charge >= 0.3 is 0 Å². The summed E-state index contributed by atoms with van der Waals surface area (Å²) in [6.45, 7) is 3.64. The van der Waals surface area contributed by atoms with Gasteiger partial charge in [-0.25, -0.2) is 8.78 Å². The van der Waals surface area contributed by atoms with E-state index in [1.807, 2.05) is 13.8 Å². The Kier molecular flexibility index (Phi) is 3.32. The molecular formula is C10H11ClF2O. The number of alkyl halides is 2. The lowest BCUT2D eigenvalue weighted by molar-refractivity contribution is 0.151. The average molecular weight is 221 g/mol. The molecular weight excluding hydrogens is 210 g/mol. The van der Waals surface area contributed by atoms with E-state index in [-0.39, 0.29) is 22.3 Å². The molecule has 1 nitrogen and oxygen atoms in total. The van der Waals surface area contributed by atoms with Gasteiger partial charge in [0.05, 0.1) is 5.02 Å². The quantitative estimate of drug-likeness (QED) is 0.795. The minimum atomic E-state index is -2.61. The molecule has 0 aliphatic rings. The SMILES string of the molecule is CC(C)c1cc(C(F)F)c(Cl)cc1O. The molecule has 0 heterocycles. The van der Waals surface area contributed by atoms with Crippen molar-refractivity contribution in [2.75, 3.05) is 0 Å². The van der Waals surface area contributed by atoms with Crippen molar-refractivity contribution in [1.82, 2.24) is 0 Å². The van der Waals surface area contributed by atoms with Crippen molar-refractivity contribution >= 4 is 11.6 Å². The monoisotopic (exact) mass is 220 g/mol. The van der Waals surface area contributed by atoms with E-state index in [4.69, 9.17) is 11.6 Å². The first kappa shape index (κ1) is 11.2. The molecule has 0 saturated heterocycles. The van der Waals surface area contributed by atoms with Gasteiger partial charge in [-0.15, -0.1) is 0 Å². The van der Waals surface area contributed by atoms with Crippen LogP contribution < -0.4 is 0 Å². The molecule has 0 unspecified atom stereocenters. The number of hydrogen-bond acceptors (Lipinski definition) is 1. The van der Waals surface area contributed by atoms with Crippen LogP contribution in [0, 0.1) is 0 Å². The molecule has 0 atom stereocenters. The van der Waals surface area contributed by atoms with Crippen LogP contribution in [-0.4, -0.2) is 5.11 Å². The maximum Gasteiger partial charge on any atom is 0.265 e. The second-order valence-electron chi connectivity index (χ2n) is 3.39. The molecule has 0 saturated carbocycles. The Labute approximate surface area is 86.3 Å². The average Bonchev–Trinajstić information content (AvgIpc) is 2.02. The van der Waals surface area contributed by atoms with Crippen molar-refractivity contribution in [1.29, 1.82) is 0 Å².